The van der Waals surface area contributed by atoms with E-state index in [-0.39, 0.29) is 25.3 Å². The molecular weight excluding hydrogens is 572 g/mol. The number of aromatic amines is 2. The van der Waals surface area contributed by atoms with Gasteiger partial charge in [0.05, 0.1) is 12.6 Å². The van der Waals surface area contributed by atoms with Crippen molar-refractivity contribution in [3.05, 3.63) is 107 Å². The normalized spacial score (nSPS) is 15.6. The highest BCUT2D eigenvalue weighted by Crippen LogP contribution is 2.26. The van der Waals surface area contributed by atoms with Gasteiger partial charge in [-0.1, -0.05) is 66.7 Å². The molecule has 3 heterocycles. The first-order chi connectivity index (χ1) is 21.9. The average Bonchev–Trinajstić information content (AvgIpc) is 3.64. The molecule has 0 spiro atoms. The number of aliphatic carboxylic acids is 1. The molecule has 1 aliphatic heterocycles. The molecule has 7 N–H and O–H groups in total. The van der Waals surface area contributed by atoms with Crippen molar-refractivity contribution >= 4 is 45.5 Å². The van der Waals surface area contributed by atoms with Gasteiger partial charge in [-0.05, 0) is 35.2 Å². The zero-order valence-corrected chi connectivity index (χ0v) is 24.4. The second kappa shape index (κ2) is 13.1. The topological polar surface area (TPSA) is 168 Å². The van der Waals surface area contributed by atoms with Crippen molar-refractivity contribution in [3.63, 3.8) is 0 Å². The molecule has 0 bridgehead atoms. The molecule has 230 valence electrons. The Morgan fingerprint density at radius 1 is 0.822 bits per heavy atom. The molecule has 0 aliphatic carbocycles. The van der Waals surface area contributed by atoms with Gasteiger partial charge in [0.1, 0.15) is 12.1 Å². The number of nitrogens with one attached hydrogen (secondary N) is 6. The SMILES string of the molecule is O=C(CNC(=O)[C@@H]1Cc2c([nH]c3ccccc23)CN1)N[C@@H](Cc1ccccc1)C(=O)N[C@@H](Cc1c[nH]c2ccccc12)C(=O)O. The summed E-state index contributed by atoms with van der Waals surface area (Å²) < 4.78 is 0. The van der Waals surface area contributed by atoms with Crippen molar-refractivity contribution in [2.24, 2.45) is 0 Å². The van der Waals surface area contributed by atoms with Gasteiger partial charge in [-0.2, -0.15) is 0 Å². The molecule has 1 aliphatic rings. The first kappa shape index (κ1) is 29.6. The Morgan fingerprint density at radius 3 is 2.31 bits per heavy atom. The summed E-state index contributed by atoms with van der Waals surface area (Å²) in [5, 5.41) is 23.1. The molecule has 0 saturated heterocycles. The monoisotopic (exact) mass is 606 g/mol. The van der Waals surface area contributed by atoms with E-state index in [1.165, 1.54) is 0 Å². The van der Waals surface area contributed by atoms with Gasteiger partial charge in [0, 0.05) is 53.1 Å². The van der Waals surface area contributed by atoms with Crippen LogP contribution in [-0.2, 0) is 45.0 Å². The molecule has 2 aromatic heterocycles. The maximum absolute atomic E-state index is 13.5. The van der Waals surface area contributed by atoms with Crippen molar-refractivity contribution in [2.75, 3.05) is 6.54 Å². The van der Waals surface area contributed by atoms with Crippen LogP contribution in [0.4, 0.5) is 0 Å². The fourth-order valence-electron chi connectivity index (χ4n) is 5.91. The Balaban J connectivity index is 1.10. The third kappa shape index (κ3) is 6.73. The second-order valence-electron chi connectivity index (χ2n) is 11.3. The van der Waals surface area contributed by atoms with E-state index in [2.05, 4.69) is 31.2 Å². The van der Waals surface area contributed by atoms with Crippen LogP contribution in [0, 0.1) is 0 Å². The first-order valence-electron chi connectivity index (χ1n) is 14.9. The molecule has 6 rings (SSSR count). The summed E-state index contributed by atoms with van der Waals surface area (Å²) in [6.45, 7) is 0.158. The molecule has 11 nitrogen and oxygen atoms in total. The summed E-state index contributed by atoms with van der Waals surface area (Å²) >= 11 is 0. The van der Waals surface area contributed by atoms with Gasteiger partial charge >= 0.3 is 5.97 Å². The lowest BCUT2D eigenvalue weighted by molar-refractivity contribution is -0.142. The van der Waals surface area contributed by atoms with Crippen molar-refractivity contribution < 1.29 is 24.3 Å². The molecule has 5 aromatic rings. The average molecular weight is 607 g/mol. The van der Waals surface area contributed by atoms with E-state index in [1.807, 2.05) is 78.9 Å². The summed E-state index contributed by atoms with van der Waals surface area (Å²) in [7, 11) is 0. The Hall–Kier alpha value is -5.42. The van der Waals surface area contributed by atoms with Crippen LogP contribution >= 0.6 is 0 Å². The van der Waals surface area contributed by atoms with E-state index >= 15 is 0 Å². The fourth-order valence-corrected chi connectivity index (χ4v) is 5.91. The molecule has 0 fully saturated rings. The van der Waals surface area contributed by atoms with Crippen LogP contribution in [0.15, 0.2) is 85.1 Å². The molecule has 0 unspecified atom stereocenters. The summed E-state index contributed by atoms with van der Waals surface area (Å²) in [6, 6.07) is 21.8. The minimum absolute atomic E-state index is 0.0552. The minimum atomic E-state index is -1.22. The van der Waals surface area contributed by atoms with Crippen molar-refractivity contribution in [1.29, 1.82) is 0 Å². The Morgan fingerprint density at radius 2 is 1.53 bits per heavy atom. The lowest BCUT2D eigenvalue weighted by Gasteiger charge is -2.24. The molecule has 45 heavy (non-hydrogen) atoms. The molecule has 3 amide bonds. The number of rotatable bonds is 11. The Labute approximate surface area is 258 Å². The predicted octanol–water partition coefficient (Wildman–Crippen LogP) is 2.32. The number of amides is 3. The smallest absolute Gasteiger partial charge is 0.326 e. The summed E-state index contributed by atoms with van der Waals surface area (Å²) in [5.74, 6) is -2.71. The summed E-state index contributed by atoms with van der Waals surface area (Å²) in [6.07, 6.45) is 2.40. The summed E-state index contributed by atoms with van der Waals surface area (Å²) in [5.41, 5.74) is 5.53. The van der Waals surface area contributed by atoms with Gasteiger partial charge in [-0.15, -0.1) is 0 Å². The molecule has 3 atom stereocenters. The highest BCUT2D eigenvalue weighted by molar-refractivity contribution is 5.94. The number of carbonyl (C=O) groups excluding carboxylic acids is 3. The third-order valence-corrected chi connectivity index (χ3v) is 8.22. The summed E-state index contributed by atoms with van der Waals surface area (Å²) in [4.78, 5) is 58.2. The van der Waals surface area contributed by atoms with E-state index in [0.717, 1.165) is 44.2 Å². The molecule has 3 aromatic carbocycles. The van der Waals surface area contributed by atoms with Crippen molar-refractivity contribution in [1.82, 2.24) is 31.2 Å². The quantitative estimate of drug-likeness (QED) is 0.122. The molecule has 0 saturated carbocycles. The van der Waals surface area contributed by atoms with Crippen LogP contribution in [0.25, 0.3) is 21.8 Å². The van der Waals surface area contributed by atoms with Crippen LogP contribution in [0.2, 0.25) is 0 Å². The standard InChI is InChI=1S/C34H34N6O5/c41-31(19-37-32(42)27-16-24-23-11-5-7-13-26(23)38-30(24)18-36-27)39-28(14-20-8-2-1-3-9-20)33(43)40-29(34(44)45)15-21-17-35-25-12-6-4-10-22(21)25/h1-13,17,27-29,35-36,38H,14-16,18-19H2,(H,37,42)(H,39,41)(H,40,43)(H,44,45)/t27-,28-,29-/m0/s1. The fraction of sp³-hybridized carbons (Fsp3) is 0.235. The minimum Gasteiger partial charge on any atom is -0.480 e. The number of carbonyl (C=O) groups is 4. The third-order valence-electron chi connectivity index (χ3n) is 8.22. The molecule has 0 radical (unpaired) electrons. The maximum atomic E-state index is 13.5. The number of hydrogen-bond acceptors (Lipinski definition) is 5. The number of para-hydroxylation sites is 2. The molecular formula is C34H34N6O5. The van der Waals surface area contributed by atoms with Gasteiger partial charge in [0.2, 0.25) is 17.7 Å². The predicted molar refractivity (Wildman–Crippen MR) is 169 cm³/mol. The number of carboxylic acids is 1. The second-order valence-corrected chi connectivity index (χ2v) is 11.3. The largest absolute Gasteiger partial charge is 0.480 e. The van der Waals surface area contributed by atoms with Crippen LogP contribution < -0.4 is 21.3 Å². The van der Waals surface area contributed by atoms with Crippen LogP contribution in [0.5, 0.6) is 0 Å². The van der Waals surface area contributed by atoms with E-state index in [1.54, 1.807) is 6.20 Å². The van der Waals surface area contributed by atoms with Crippen LogP contribution in [-0.4, -0.2) is 63.4 Å². The van der Waals surface area contributed by atoms with Gasteiger partial charge in [-0.3, -0.25) is 19.7 Å². The first-order valence-corrected chi connectivity index (χ1v) is 14.9. The maximum Gasteiger partial charge on any atom is 0.326 e. The number of carboxylic acid groups (broad SMARTS) is 1. The Kier molecular flexibility index (Phi) is 8.61. The zero-order chi connectivity index (χ0) is 31.3. The lowest BCUT2D eigenvalue weighted by Crippen LogP contribution is -2.55. The number of hydrogen-bond donors (Lipinski definition) is 7. The van der Waals surface area contributed by atoms with E-state index in [0.29, 0.717) is 13.0 Å². The van der Waals surface area contributed by atoms with Gasteiger partial charge in [0.15, 0.2) is 0 Å². The highest BCUT2D eigenvalue weighted by Gasteiger charge is 2.29. The molecule has 11 heteroatoms. The van der Waals surface area contributed by atoms with E-state index in [4.69, 9.17) is 0 Å². The lowest BCUT2D eigenvalue weighted by atomic mass is 9.98. The van der Waals surface area contributed by atoms with E-state index in [9.17, 15) is 24.3 Å². The Bertz CT molecular complexity index is 1860. The number of benzene rings is 3. The van der Waals surface area contributed by atoms with Gasteiger partial charge < -0.3 is 31.0 Å². The zero-order valence-electron chi connectivity index (χ0n) is 24.4. The van der Waals surface area contributed by atoms with Crippen LogP contribution in [0.3, 0.4) is 0 Å². The number of aromatic nitrogens is 2. The van der Waals surface area contributed by atoms with Crippen molar-refractivity contribution in [2.45, 2.75) is 43.9 Å². The van der Waals surface area contributed by atoms with Crippen molar-refractivity contribution in [3.8, 4) is 0 Å². The number of H-pyrrole nitrogens is 2. The highest BCUT2D eigenvalue weighted by atomic mass is 16.4. The van der Waals surface area contributed by atoms with Gasteiger partial charge in [0.25, 0.3) is 0 Å². The number of fused-ring (bicyclic) bond motifs is 4. The van der Waals surface area contributed by atoms with E-state index < -0.39 is 35.9 Å². The van der Waals surface area contributed by atoms with Crippen LogP contribution in [0.1, 0.15) is 22.4 Å². The van der Waals surface area contributed by atoms with Gasteiger partial charge in [-0.25, -0.2) is 4.79 Å².